The minimum Gasteiger partial charge on any atom is -0.353 e. The zero-order chi connectivity index (χ0) is 10.7. The molecule has 1 saturated heterocycles. The minimum atomic E-state index is 0.118. The molecule has 2 fully saturated rings. The Labute approximate surface area is 92.0 Å². The Morgan fingerprint density at radius 3 is 2.73 bits per heavy atom. The summed E-state index contributed by atoms with van der Waals surface area (Å²) in [5, 5.41) is 6.76. The predicted molar refractivity (Wildman–Crippen MR) is 60.7 cm³/mol. The van der Waals surface area contributed by atoms with Crippen LogP contribution in [0.5, 0.6) is 0 Å². The SMILES string of the molecule is CC(=O)NC1CCNC2(CCCCC2)C1. The molecule has 2 rings (SSSR count). The van der Waals surface area contributed by atoms with Crippen LogP contribution in [0.2, 0.25) is 0 Å². The monoisotopic (exact) mass is 210 g/mol. The fourth-order valence-corrected chi connectivity index (χ4v) is 3.18. The maximum Gasteiger partial charge on any atom is 0.217 e. The van der Waals surface area contributed by atoms with Crippen LogP contribution >= 0.6 is 0 Å². The van der Waals surface area contributed by atoms with Gasteiger partial charge in [-0.1, -0.05) is 19.3 Å². The first kappa shape index (κ1) is 10.9. The van der Waals surface area contributed by atoms with Gasteiger partial charge in [-0.05, 0) is 32.2 Å². The Bertz CT molecular complexity index is 228. The number of carbonyl (C=O) groups is 1. The molecule has 1 unspecified atom stereocenters. The van der Waals surface area contributed by atoms with Gasteiger partial charge in [0.05, 0.1) is 0 Å². The minimum absolute atomic E-state index is 0.118. The van der Waals surface area contributed by atoms with Gasteiger partial charge in [0.15, 0.2) is 0 Å². The second-order valence-electron chi connectivity index (χ2n) is 5.16. The summed E-state index contributed by atoms with van der Waals surface area (Å²) in [7, 11) is 0. The molecular formula is C12H22N2O. The zero-order valence-corrected chi connectivity index (χ0v) is 9.64. The largest absolute Gasteiger partial charge is 0.353 e. The molecule has 1 heterocycles. The van der Waals surface area contributed by atoms with Crippen molar-refractivity contribution >= 4 is 5.91 Å². The summed E-state index contributed by atoms with van der Waals surface area (Å²) < 4.78 is 0. The fraction of sp³-hybridized carbons (Fsp3) is 0.917. The van der Waals surface area contributed by atoms with Gasteiger partial charge in [-0.15, -0.1) is 0 Å². The van der Waals surface area contributed by atoms with E-state index >= 15 is 0 Å². The van der Waals surface area contributed by atoms with Gasteiger partial charge >= 0.3 is 0 Å². The van der Waals surface area contributed by atoms with E-state index in [9.17, 15) is 4.79 Å². The lowest BCUT2D eigenvalue weighted by Gasteiger charge is -2.44. The average Bonchev–Trinajstić information content (AvgIpc) is 2.17. The molecule has 1 aliphatic heterocycles. The van der Waals surface area contributed by atoms with Crippen molar-refractivity contribution in [3.63, 3.8) is 0 Å². The second-order valence-corrected chi connectivity index (χ2v) is 5.16. The first-order valence-corrected chi connectivity index (χ1v) is 6.22. The first-order chi connectivity index (χ1) is 7.20. The van der Waals surface area contributed by atoms with Crippen molar-refractivity contribution in [3.8, 4) is 0 Å². The lowest BCUT2D eigenvalue weighted by Crippen LogP contribution is -2.56. The van der Waals surface area contributed by atoms with E-state index in [0.29, 0.717) is 11.6 Å². The summed E-state index contributed by atoms with van der Waals surface area (Å²) in [6.45, 7) is 2.68. The third kappa shape index (κ3) is 2.71. The average molecular weight is 210 g/mol. The van der Waals surface area contributed by atoms with Gasteiger partial charge in [0.2, 0.25) is 5.91 Å². The van der Waals surface area contributed by atoms with Gasteiger partial charge < -0.3 is 10.6 Å². The maximum atomic E-state index is 11.1. The maximum absolute atomic E-state index is 11.1. The molecule has 3 heteroatoms. The highest BCUT2D eigenvalue weighted by molar-refractivity contribution is 5.73. The van der Waals surface area contributed by atoms with E-state index in [1.807, 2.05) is 0 Å². The van der Waals surface area contributed by atoms with Gasteiger partial charge in [0, 0.05) is 18.5 Å². The molecule has 0 aromatic carbocycles. The molecule has 2 aliphatic rings. The lowest BCUT2D eigenvalue weighted by molar-refractivity contribution is -0.120. The first-order valence-electron chi connectivity index (χ1n) is 6.22. The van der Waals surface area contributed by atoms with E-state index in [4.69, 9.17) is 0 Å². The Kier molecular flexibility index (Phi) is 3.29. The summed E-state index contributed by atoms with van der Waals surface area (Å²) in [4.78, 5) is 11.1. The highest BCUT2D eigenvalue weighted by Crippen LogP contribution is 2.34. The third-order valence-electron chi connectivity index (χ3n) is 3.85. The molecule has 1 saturated carbocycles. The number of rotatable bonds is 1. The van der Waals surface area contributed by atoms with Crippen molar-refractivity contribution in [2.75, 3.05) is 6.54 Å². The van der Waals surface area contributed by atoms with Crippen molar-refractivity contribution < 1.29 is 4.79 Å². The van der Waals surface area contributed by atoms with Crippen molar-refractivity contribution in [2.24, 2.45) is 0 Å². The van der Waals surface area contributed by atoms with Crippen LogP contribution < -0.4 is 10.6 Å². The van der Waals surface area contributed by atoms with Crippen LogP contribution in [0.15, 0.2) is 0 Å². The highest BCUT2D eigenvalue weighted by atomic mass is 16.1. The van der Waals surface area contributed by atoms with Gasteiger partial charge in [-0.3, -0.25) is 4.79 Å². The van der Waals surface area contributed by atoms with Crippen LogP contribution in [0.1, 0.15) is 51.9 Å². The zero-order valence-electron chi connectivity index (χ0n) is 9.64. The number of carbonyl (C=O) groups excluding carboxylic acids is 1. The number of nitrogens with one attached hydrogen (secondary N) is 2. The standard InChI is InChI=1S/C12H22N2O/c1-10(15)14-11-5-8-13-12(9-11)6-3-2-4-7-12/h11,13H,2-9H2,1H3,(H,14,15). The van der Waals surface area contributed by atoms with Crippen molar-refractivity contribution in [2.45, 2.75) is 63.5 Å². The van der Waals surface area contributed by atoms with E-state index in [-0.39, 0.29) is 5.91 Å². The third-order valence-corrected chi connectivity index (χ3v) is 3.85. The van der Waals surface area contributed by atoms with E-state index in [1.165, 1.54) is 32.1 Å². The van der Waals surface area contributed by atoms with E-state index in [1.54, 1.807) is 6.92 Å². The van der Waals surface area contributed by atoms with E-state index < -0.39 is 0 Å². The van der Waals surface area contributed by atoms with Gasteiger partial charge in [0.1, 0.15) is 0 Å². The van der Waals surface area contributed by atoms with Crippen molar-refractivity contribution in [3.05, 3.63) is 0 Å². The molecular weight excluding hydrogens is 188 g/mol. The molecule has 1 spiro atoms. The molecule has 0 radical (unpaired) electrons. The predicted octanol–water partition coefficient (Wildman–Crippen LogP) is 1.58. The van der Waals surface area contributed by atoms with Crippen LogP contribution in [0.25, 0.3) is 0 Å². The van der Waals surface area contributed by atoms with E-state index in [2.05, 4.69) is 10.6 Å². The Morgan fingerprint density at radius 1 is 1.33 bits per heavy atom. The smallest absolute Gasteiger partial charge is 0.217 e. The van der Waals surface area contributed by atoms with Crippen LogP contribution in [-0.2, 0) is 4.79 Å². The molecule has 86 valence electrons. The molecule has 0 aromatic heterocycles. The molecule has 1 amide bonds. The summed E-state index contributed by atoms with van der Waals surface area (Å²) >= 11 is 0. The highest BCUT2D eigenvalue weighted by Gasteiger charge is 2.36. The Balaban J connectivity index is 1.93. The van der Waals surface area contributed by atoms with E-state index in [0.717, 1.165) is 19.4 Å². The lowest BCUT2D eigenvalue weighted by atomic mass is 9.75. The number of amides is 1. The van der Waals surface area contributed by atoms with Crippen LogP contribution in [0.4, 0.5) is 0 Å². The summed E-state index contributed by atoms with van der Waals surface area (Å²) in [5.41, 5.74) is 0.351. The summed E-state index contributed by atoms with van der Waals surface area (Å²) in [6.07, 6.45) is 8.88. The topological polar surface area (TPSA) is 41.1 Å². The molecule has 1 aliphatic carbocycles. The van der Waals surface area contributed by atoms with Crippen LogP contribution in [0, 0.1) is 0 Å². The van der Waals surface area contributed by atoms with Crippen LogP contribution in [0.3, 0.4) is 0 Å². The molecule has 1 atom stereocenters. The number of hydrogen-bond donors (Lipinski definition) is 2. The number of piperidine rings is 1. The van der Waals surface area contributed by atoms with Crippen LogP contribution in [-0.4, -0.2) is 24.0 Å². The van der Waals surface area contributed by atoms with Gasteiger partial charge in [-0.2, -0.15) is 0 Å². The van der Waals surface area contributed by atoms with Gasteiger partial charge in [0.25, 0.3) is 0 Å². The van der Waals surface area contributed by atoms with Gasteiger partial charge in [-0.25, -0.2) is 0 Å². The molecule has 0 bridgehead atoms. The summed E-state index contributed by atoms with van der Waals surface area (Å²) in [6, 6.07) is 0.404. The Morgan fingerprint density at radius 2 is 2.07 bits per heavy atom. The van der Waals surface area contributed by atoms with Crippen molar-refractivity contribution in [1.29, 1.82) is 0 Å². The molecule has 0 aromatic rings. The number of hydrogen-bond acceptors (Lipinski definition) is 2. The normalized spacial score (nSPS) is 30.1. The molecule has 15 heavy (non-hydrogen) atoms. The second kappa shape index (κ2) is 4.52. The Hall–Kier alpha value is -0.570. The quantitative estimate of drug-likeness (QED) is 0.690. The molecule has 3 nitrogen and oxygen atoms in total. The molecule has 2 N–H and O–H groups in total. The fourth-order valence-electron chi connectivity index (χ4n) is 3.18. The summed E-state index contributed by atoms with van der Waals surface area (Å²) in [5.74, 6) is 0.118. The van der Waals surface area contributed by atoms with Crippen molar-refractivity contribution in [1.82, 2.24) is 10.6 Å².